The largest absolute Gasteiger partial charge is 0.496 e. The van der Waals surface area contributed by atoms with E-state index in [-0.39, 0.29) is 11.9 Å². The van der Waals surface area contributed by atoms with Crippen LogP contribution in [0.25, 0.3) is 0 Å². The summed E-state index contributed by atoms with van der Waals surface area (Å²) in [6.07, 6.45) is 1.62. The highest BCUT2D eigenvalue weighted by molar-refractivity contribution is 6.31. The molecule has 118 valence electrons. The molecule has 1 aromatic carbocycles. The summed E-state index contributed by atoms with van der Waals surface area (Å²) in [5.74, 6) is 1.04. The Morgan fingerprint density at radius 3 is 2.77 bits per heavy atom. The van der Waals surface area contributed by atoms with Crippen molar-refractivity contribution in [3.8, 4) is 5.75 Å². The molecule has 6 heteroatoms. The zero-order valence-corrected chi connectivity index (χ0v) is 13.6. The van der Waals surface area contributed by atoms with Crippen molar-refractivity contribution in [1.82, 2.24) is 10.2 Å². The third-order valence-electron chi connectivity index (χ3n) is 3.36. The number of nitrogens with zero attached hydrogens (tertiary/aromatic N) is 1. The number of methoxy groups -OCH3 is 1. The molecule has 0 aliphatic rings. The lowest BCUT2D eigenvalue weighted by molar-refractivity contribution is 0.0936. The van der Waals surface area contributed by atoms with Crippen molar-refractivity contribution in [3.63, 3.8) is 0 Å². The average molecular weight is 323 g/mol. The molecule has 22 heavy (non-hydrogen) atoms. The summed E-state index contributed by atoms with van der Waals surface area (Å²) < 4.78 is 10.6. The standard InChI is InChI=1S/C16H19ClN2O3/c1-19(2)13(15-5-4-8-22-15)10-18-16(20)12-9-11(17)6-7-14(12)21-3/h4-9,13H,10H2,1-3H3,(H,18,20)/t13-/m1/s1. The molecule has 1 N–H and O–H groups in total. The molecule has 0 bridgehead atoms. The van der Waals surface area contributed by atoms with Crippen LogP contribution in [0.1, 0.15) is 22.2 Å². The smallest absolute Gasteiger partial charge is 0.255 e. The topological polar surface area (TPSA) is 54.7 Å². The van der Waals surface area contributed by atoms with Gasteiger partial charge in [0, 0.05) is 11.6 Å². The number of nitrogens with one attached hydrogen (secondary N) is 1. The molecule has 5 nitrogen and oxygen atoms in total. The number of likely N-dealkylation sites (N-methyl/N-ethyl adjacent to an activating group) is 1. The number of rotatable bonds is 6. The third-order valence-corrected chi connectivity index (χ3v) is 3.59. The lowest BCUT2D eigenvalue weighted by Crippen LogP contribution is -2.34. The molecule has 1 heterocycles. The summed E-state index contributed by atoms with van der Waals surface area (Å²) in [5.41, 5.74) is 0.409. The van der Waals surface area contributed by atoms with Gasteiger partial charge in [-0.3, -0.25) is 9.69 Å². The maximum atomic E-state index is 12.4. The Balaban J connectivity index is 2.10. The van der Waals surface area contributed by atoms with Crippen LogP contribution in [0, 0.1) is 0 Å². The maximum Gasteiger partial charge on any atom is 0.255 e. The maximum absolute atomic E-state index is 12.4. The minimum Gasteiger partial charge on any atom is -0.496 e. The summed E-state index contributed by atoms with van der Waals surface area (Å²) in [7, 11) is 5.38. The highest BCUT2D eigenvalue weighted by Gasteiger charge is 2.19. The Bertz CT molecular complexity index is 626. The number of benzene rings is 1. The Morgan fingerprint density at radius 2 is 2.18 bits per heavy atom. The van der Waals surface area contributed by atoms with Crippen molar-refractivity contribution in [1.29, 1.82) is 0 Å². The summed E-state index contributed by atoms with van der Waals surface area (Å²) >= 11 is 5.95. The number of furan rings is 1. The zero-order valence-electron chi connectivity index (χ0n) is 12.8. The molecule has 0 fully saturated rings. The van der Waals surface area contributed by atoms with Gasteiger partial charge in [0.05, 0.1) is 25.0 Å². The molecule has 2 aromatic rings. The lowest BCUT2D eigenvalue weighted by Gasteiger charge is -2.22. The van der Waals surface area contributed by atoms with Crippen LogP contribution in [0.2, 0.25) is 5.02 Å². The van der Waals surface area contributed by atoms with E-state index >= 15 is 0 Å². The molecule has 0 saturated carbocycles. The van der Waals surface area contributed by atoms with Gasteiger partial charge in [0.25, 0.3) is 5.91 Å². The van der Waals surface area contributed by atoms with E-state index in [9.17, 15) is 4.79 Å². The number of hydrogen-bond donors (Lipinski definition) is 1. The summed E-state index contributed by atoms with van der Waals surface area (Å²) in [6, 6.07) is 8.61. The molecule has 0 radical (unpaired) electrons. The second kappa shape index (κ2) is 7.33. The second-order valence-corrected chi connectivity index (χ2v) is 5.49. The minimum absolute atomic E-state index is 0.0517. The molecular formula is C16H19ClN2O3. The van der Waals surface area contributed by atoms with Gasteiger partial charge in [-0.2, -0.15) is 0 Å². The second-order valence-electron chi connectivity index (χ2n) is 5.05. The van der Waals surface area contributed by atoms with E-state index in [1.54, 1.807) is 24.5 Å². The van der Waals surface area contributed by atoms with Crippen molar-refractivity contribution in [3.05, 3.63) is 52.9 Å². The first-order chi connectivity index (χ1) is 10.5. The van der Waals surface area contributed by atoms with E-state index in [2.05, 4.69) is 5.32 Å². The summed E-state index contributed by atoms with van der Waals surface area (Å²) in [5, 5.41) is 3.38. The molecule has 0 aliphatic carbocycles. The SMILES string of the molecule is COc1ccc(Cl)cc1C(=O)NC[C@H](c1ccco1)N(C)C. The number of halogens is 1. The van der Waals surface area contributed by atoms with Crippen molar-refractivity contribution >= 4 is 17.5 Å². The number of carbonyl (C=O) groups is 1. The van der Waals surface area contributed by atoms with Crippen LogP contribution in [0.15, 0.2) is 41.0 Å². The first kappa shape index (κ1) is 16.4. The Kier molecular flexibility index (Phi) is 5.46. The van der Waals surface area contributed by atoms with E-state index in [1.807, 2.05) is 31.1 Å². The summed E-state index contributed by atoms with van der Waals surface area (Å²) in [6.45, 7) is 0.412. The third kappa shape index (κ3) is 3.81. The van der Waals surface area contributed by atoms with Crippen molar-refractivity contribution < 1.29 is 13.9 Å². The van der Waals surface area contributed by atoms with Gasteiger partial charge in [-0.05, 0) is 44.4 Å². The highest BCUT2D eigenvalue weighted by Crippen LogP contribution is 2.23. The Morgan fingerprint density at radius 1 is 1.41 bits per heavy atom. The normalized spacial score (nSPS) is 12.2. The van der Waals surface area contributed by atoms with Crippen LogP contribution < -0.4 is 10.1 Å². The van der Waals surface area contributed by atoms with Crippen LogP contribution >= 0.6 is 11.6 Å². The Hall–Kier alpha value is -1.98. The van der Waals surface area contributed by atoms with Crippen molar-refractivity contribution in [2.75, 3.05) is 27.7 Å². The van der Waals surface area contributed by atoms with Gasteiger partial charge in [-0.1, -0.05) is 11.6 Å². The van der Waals surface area contributed by atoms with Gasteiger partial charge in [-0.15, -0.1) is 0 Å². The van der Waals surface area contributed by atoms with Gasteiger partial charge in [0.2, 0.25) is 0 Å². The van der Waals surface area contributed by atoms with Crippen LogP contribution in [0.4, 0.5) is 0 Å². The van der Waals surface area contributed by atoms with Crippen molar-refractivity contribution in [2.45, 2.75) is 6.04 Å². The van der Waals surface area contributed by atoms with Crippen LogP contribution in [0.5, 0.6) is 5.75 Å². The molecule has 0 aliphatic heterocycles. The fraction of sp³-hybridized carbons (Fsp3) is 0.312. The number of hydrogen-bond acceptors (Lipinski definition) is 4. The molecule has 1 amide bonds. The van der Waals surface area contributed by atoms with Gasteiger partial charge in [0.1, 0.15) is 11.5 Å². The van der Waals surface area contributed by atoms with E-state index in [0.29, 0.717) is 22.9 Å². The molecule has 0 saturated heterocycles. The molecule has 1 aromatic heterocycles. The van der Waals surface area contributed by atoms with E-state index < -0.39 is 0 Å². The molecule has 0 unspecified atom stereocenters. The zero-order chi connectivity index (χ0) is 16.1. The van der Waals surface area contributed by atoms with Gasteiger partial charge in [-0.25, -0.2) is 0 Å². The molecule has 1 atom stereocenters. The number of amides is 1. The van der Waals surface area contributed by atoms with Crippen LogP contribution in [-0.2, 0) is 0 Å². The summed E-state index contributed by atoms with van der Waals surface area (Å²) in [4.78, 5) is 14.4. The molecule has 0 spiro atoms. The minimum atomic E-state index is -0.238. The van der Waals surface area contributed by atoms with Gasteiger partial charge < -0.3 is 14.5 Å². The van der Waals surface area contributed by atoms with Crippen LogP contribution in [0.3, 0.4) is 0 Å². The fourth-order valence-corrected chi connectivity index (χ4v) is 2.33. The average Bonchev–Trinajstić information content (AvgIpc) is 3.01. The molecular weight excluding hydrogens is 304 g/mol. The highest BCUT2D eigenvalue weighted by atomic mass is 35.5. The Labute approximate surface area is 134 Å². The van der Waals surface area contributed by atoms with E-state index in [0.717, 1.165) is 5.76 Å². The van der Waals surface area contributed by atoms with E-state index in [1.165, 1.54) is 7.11 Å². The fourth-order valence-electron chi connectivity index (χ4n) is 2.16. The quantitative estimate of drug-likeness (QED) is 0.888. The van der Waals surface area contributed by atoms with Crippen LogP contribution in [-0.4, -0.2) is 38.6 Å². The monoisotopic (exact) mass is 322 g/mol. The van der Waals surface area contributed by atoms with Gasteiger partial charge >= 0.3 is 0 Å². The first-order valence-electron chi connectivity index (χ1n) is 6.84. The lowest BCUT2D eigenvalue weighted by atomic mass is 10.1. The number of ether oxygens (including phenoxy) is 1. The first-order valence-corrected chi connectivity index (χ1v) is 7.22. The predicted molar refractivity (Wildman–Crippen MR) is 85.5 cm³/mol. The van der Waals surface area contributed by atoms with E-state index in [4.69, 9.17) is 20.8 Å². The molecule has 2 rings (SSSR count). The number of carbonyl (C=O) groups excluding carboxylic acids is 1. The van der Waals surface area contributed by atoms with Gasteiger partial charge in [0.15, 0.2) is 0 Å². The predicted octanol–water partition coefficient (Wildman–Crippen LogP) is 2.97. The van der Waals surface area contributed by atoms with Crippen molar-refractivity contribution in [2.24, 2.45) is 0 Å².